The largest absolute Gasteiger partial charge is 0.347 e. The Bertz CT molecular complexity index is 951. The smallest absolute Gasteiger partial charge is 0.243 e. The van der Waals surface area contributed by atoms with Crippen LogP contribution in [0.25, 0.3) is 5.69 Å². The van der Waals surface area contributed by atoms with Crippen molar-refractivity contribution < 1.29 is 9.59 Å². The molecule has 144 valence electrons. The first kappa shape index (κ1) is 19.4. The molecule has 0 fully saturated rings. The second-order valence-electron chi connectivity index (χ2n) is 7.03. The van der Waals surface area contributed by atoms with Gasteiger partial charge in [0.2, 0.25) is 11.8 Å². The molecule has 0 spiro atoms. The van der Waals surface area contributed by atoms with Crippen molar-refractivity contribution >= 4 is 17.5 Å². The first-order valence-corrected chi connectivity index (χ1v) is 9.29. The maximum atomic E-state index is 12.2. The number of nitrogens with one attached hydrogen (secondary N) is 2. The molecule has 5 heteroatoms. The van der Waals surface area contributed by atoms with E-state index >= 15 is 0 Å². The second kappa shape index (κ2) is 8.57. The first-order valence-electron chi connectivity index (χ1n) is 9.29. The molecule has 0 aliphatic rings. The zero-order valence-corrected chi connectivity index (χ0v) is 16.5. The van der Waals surface area contributed by atoms with Crippen LogP contribution in [0.15, 0.2) is 60.9 Å². The van der Waals surface area contributed by atoms with Crippen molar-refractivity contribution in [3.05, 3.63) is 83.2 Å². The van der Waals surface area contributed by atoms with Crippen molar-refractivity contribution in [2.75, 3.05) is 11.9 Å². The highest BCUT2D eigenvalue weighted by Crippen LogP contribution is 2.21. The number of carbonyl (C=O) groups excluding carboxylic acids is 2. The van der Waals surface area contributed by atoms with E-state index in [0.717, 1.165) is 33.6 Å². The summed E-state index contributed by atoms with van der Waals surface area (Å²) >= 11 is 0. The lowest BCUT2D eigenvalue weighted by atomic mass is 10.1. The van der Waals surface area contributed by atoms with E-state index in [1.807, 2.05) is 86.3 Å². The average Bonchev–Trinajstić information content (AvgIpc) is 3.18. The number of aromatic nitrogens is 1. The molecule has 5 nitrogen and oxygen atoms in total. The van der Waals surface area contributed by atoms with Gasteiger partial charge < -0.3 is 15.2 Å². The van der Waals surface area contributed by atoms with Crippen molar-refractivity contribution in [3.8, 4) is 5.69 Å². The van der Waals surface area contributed by atoms with Gasteiger partial charge in [-0.25, -0.2) is 0 Å². The minimum atomic E-state index is -0.230. The van der Waals surface area contributed by atoms with Crippen molar-refractivity contribution in [1.82, 2.24) is 9.88 Å². The summed E-state index contributed by atoms with van der Waals surface area (Å²) in [7, 11) is 0. The van der Waals surface area contributed by atoms with Gasteiger partial charge in [-0.1, -0.05) is 29.8 Å². The molecule has 0 saturated carbocycles. The summed E-state index contributed by atoms with van der Waals surface area (Å²) in [6, 6.07) is 15.8. The van der Waals surface area contributed by atoms with Crippen molar-refractivity contribution in [3.63, 3.8) is 0 Å². The van der Waals surface area contributed by atoms with Gasteiger partial charge in [0.1, 0.15) is 0 Å². The van der Waals surface area contributed by atoms with Crippen LogP contribution in [-0.2, 0) is 16.0 Å². The minimum absolute atomic E-state index is 0.0486. The van der Waals surface area contributed by atoms with Crippen molar-refractivity contribution in [2.45, 2.75) is 27.2 Å². The van der Waals surface area contributed by atoms with E-state index in [4.69, 9.17) is 0 Å². The highest BCUT2D eigenvalue weighted by atomic mass is 16.2. The van der Waals surface area contributed by atoms with E-state index in [9.17, 15) is 9.59 Å². The van der Waals surface area contributed by atoms with Gasteiger partial charge in [0.15, 0.2) is 0 Å². The monoisotopic (exact) mass is 375 g/mol. The number of rotatable bonds is 6. The summed E-state index contributed by atoms with van der Waals surface area (Å²) in [5.41, 5.74) is 5.94. The molecule has 2 amide bonds. The quantitative estimate of drug-likeness (QED) is 0.690. The highest BCUT2D eigenvalue weighted by Gasteiger charge is 2.10. The van der Waals surface area contributed by atoms with Gasteiger partial charge in [-0.15, -0.1) is 0 Å². The predicted octanol–water partition coefficient (Wildman–Crippen LogP) is 3.70. The molecular formula is C23H25N3O2. The van der Waals surface area contributed by atoms with E-state index in [1.54, 1.807) is 0 Å². The maximum absolute atomic E-state index is 12.2. The van der Waals surface area contributed by atoms with Crippen LogP contribution in [0.4, 0.5) is 5.69 Å². The zero-order chi connectivity index (χ0) is 20.1. The lowest BCUT2D eigenvalue weighted by Gasteiger charge is -2.13. The molecule has 28 heavy (non-hydrogen) atoms. The van der Waals surface area contributed by atoms with Crippen molar-refractivity contribution in [2.24, 2.45) is 0 Å². The van der Waals surface area contributed by atoms with Crippen molar-refractivity contribution in [1.29, 1.82) is 0 Å². The number of anilines is 1. The molecular weight excluding hydrogens is 350 g/mol. The third-order valence-electron chi connectivity index (χ3n) is 4.59. The van der Waals surface area contributed by atoms with Crippen LogP contribution in [0.3, 0.4) is 0 Å². The molecule has 0 aliphatic heterocycles. The Labute approximate surface area is 165 Å². The zero-order valence-electron chi connectivity index (χ0n) is 16.5. The number of benzene rings is 2. The Morgan fingerprint density at radius 3 is 2.11 bits per heavy atom. The molecule has 3 rings (SSSR count). The van der Waals surface area contributed by atoms with Gasteiger partial charge in [0, 0.05) is 23.8 Å². The molecule has 0 radical (unpaired) electrons. The first-order chi connectivity index (χ1) is 13.4. The van der Waals surface area contributed by atoms with Crippen LogP contribution in [0, 0.1) is 20.8 Å². The molecule has 2 aromatic carbocycles. The molecule has 1 heterocycles. The number of aryl methyl sites for hydroxylation is 3. The summed E-state index contributed by atoms with van der Waals surface area (Å²) in [6.07, 6.45) is 4.18. The Hall–Kier alpha value is -3.34. The third-order valence-corrected chi connectivity index (χ3v) is 4.59. The van der Waals surface area contributed by atoms with Crippen LogP contribution in [0.1, 0.15) is 22.3 Å². The summed E-state index contributed by atoms with van der Waals surface area (Å²) < 4.78 is 2.00. The predicted molar refractivity (Wildman–Crippen MR) is 112 cm³/mol. The fraction of sp³-hybridized carbons (Fsp3) is 0.217. The summed E-state index contributed by atoms with van der Waals surface area (Å²) in [6.45, 7) is 5.90. The average molecular weight is 375 g/mol. The topological polar surface area (TPSA) is 63.1 Å². The van der Waals surface area contributed by atoms with E-state index < -0.39 is 0 Å². The van der Waals surface area contributed by atoms with E-state index in [0.29, 0.717) is 0 Å². The molecule has 0 saturated heterocycles. The van der Waals surface area contributed by atoms with Gasteiger partial charge in [0.25, 0.3) is 0 Å². The Kier molecular flexibility index (Phi) is 5.94. The molecule has 2 N–H and O–H groups in total. The second-order valence-corrected chi connectivity index (χ2v) is 7.03. The van der Waals surface area contributed by atoms with Crippen LogP contribution >= 0.6 is 0 Å². The molecule has 3 aromatic rings. The van der Waals surface area contributed by atoms with Gasteiger partial charge in [-0.2, -0.15) is 0 Å². The van der Waals surface area contributed by atoms with E-state index in [-0.39, 0.29) is 24.8 Å². The fourth-order valence-electron chi connectivity index (χ4n) is 3.28. The summed E-state index contributed by atoms with van der Waals surface area (Å²) in [4.78, 5) is 24.4. The molecule has 1 aromatic heterocycles. The molecule has 0 atom stereocenters. The molecule has 0 unspecified atom stereocenters. The maximum Gasteiger partial charge on any atom is 0.243 e. The fourth-order valence-corrected chi connectivity index (χ4v) is 3.28. The Morgan fingerprint density at radius 1 is 0.893 bits per heavy atom. The van der Waals surface area contributed by atoms with Gasteiger partial charge in [-0.3, -0.25) is 9.59 Å². The lowest BCUT2D eigenvalue weighted by molar-refractivity contribution is -0.123. The van der Waals surface area contributed by atoms with Gasteiger partial charge >= 0.3 is 0 Å². The Morgan fingerprint density at radius 2 is 1.50 bits per heavy atom. The normalized spacial score (nSPS) is 10.5. The summed E-state index contributed by atoms with van der Waals surface area (Å²) in [5.74, 6) is -0.410. The number of nitrogens with zero attached hydrogens (tertiary/aromatic N) is 1. The molecule has 0 bridgehead atoms. The third kappa shape index (κ3) is 4.88. The summed E-state index contributed by atoms with van der Waals surface area (Å²) in [5, 5.41) is 5.58. The van der Waals surface area contributed by atoms with Crippen LogP contribution < -0.4 is 10.6 Å². The Balaban J connectivity index is 1.51. The van der Waals surface area contributed by atoms with Crippen LogP contribution in [0.2, 0.25) is 0 Å². The van der Waals surface area contributed by atoms with Gasteiger partial charge in [0.05, 0.1) is 13.0 Å². The van der Waals surface area contributed by atoms with Crippen LogP contribution in [0.5, 0.6) is 0 Å². The van der Waals surface area contributed by atoms with E-state index in [1.165, 1.54) is 0 Å². The SMILES string of the molecule is Cc1cc(C)c(NC(=O)CNC(=O)Cc2ccc(-n3cccc3)cc2)c(C)c1. The number of amides is 2. The number of hydrogen-bond donors (Lipinski definition) is 2. The lowest BCUT2D eigenvalue weighted by Crippen LogP contribution is -2.34. The molecule has 0 aliphatic carbocycles. The van der Waals surface area contributed by atoms with Crippen LogP contribution in [-0.4, -0.2) is 22.9 Å². The van der Waals surface area contributed by atoms with E-state index in [2.05, 4.69) is 10.6 Å². The number of hydrogen-bond acceptors (Lipinski definition) is 2. The number of carbonyl (C=O) groups is 2. The minimum Gasteiger partial charge on any atom is -0.347 e. The highest BCUT2D eigenvalue weighted by molar-refractivity contribution is 5.96. The van der Waals surface area contributed by atoms with Gasteiger partial charge in [-0.05, 0) is 61.7 Å². The standard InChI is InChI=1S/C23H25N3O2/c1-16-12-17(2)23(18(3)13-16)25-22(28)15-24-21(27)14-19-6-8-20(9-7-19)26-10-4-5-11-26/h4-13H,14-15H2,1-3H3,(H,24,27)(H,25,28).